The van der Waals surface area contributed by atoms with E-state index in [1.165, 1.54) is 0 Å². The molecule has 0 aliphatic rings. The van der Waals surface area contributed by atoms with Gasteiger partial charge in [0.2, 0.25) is 5.91 Å². The Morgan fingerprint density at radius 3 is 1.80 bits per heavy atom. The number of hydrogen-bond acceptors (Lipinski definition) is 2. The van der Waals surface area contributed by atoms with Gasteiger partial charge in [-0.1, -0.05) is 20.8 Å². The predicted octanol–water partition coefficient (Wildman–Crippen LogP) is 1.90. The van der Waals surface area contributed by atoms with E-state index in [0.717, 1.165) is 0 Å². The van der Waals surface area contributed by atoms with Crippen molar-refractivity contribution in [3.05, 3.63) is 0 Å². The van der Waals surface area contributed by atoms with Gasteiger partial charge in [-0.2, -0.15) is 0 Å². The molecule has 0 aliphatic carbocycles. The molecule has 1 atom stereocenters. The Morgan fingerprint density at radius 2 is 1.60 bits per heavy atom. The quantitative estimate of drug-likeness (QED) is 0.764. The lowest BCUT2D eigenvalue weighted by Crippen LogP contribution is -2.49. The Kier molecular flexibility index (Phi) is 4.35. The van der Waals surface area contributed by atoms with Crippen LogP contribution in [-0.4, -0.2) is 35.1 Å². The van der Waals surface area contributed by atoms with E-state index in [9.17, 15) is 9.90 Å². The monoisotopic (exact) mass is 215 g/mol. The van der Waals surface area contributed by atoms with E-state index in [4.69, 9.17) is 0 Å². The van der Waals surface area contributed by atoms with Crippen LogP contribution in [0.3, 0.4) is 0 Å². The summed E-state index contributed by atoms with van der Waals surface area (Å²) in [5.41, 5.74) is -0.402. The second-order valence-electron chi connectivity index (χ2n) is 6.17. The molecule has 3 nitrogen and oxygen atoms in total. The lowest BCUT2D eigenvalue weighted by Gasteiger charge is -2.38. The van der Waals surface area contributed by atoms with Crippen LogP contribution in [0.25, 0.3) is 0 Å². The first-order valence-electron chi connectivity index (χ1n) is 5.40. The summed E-state index contributed by atoms with van der Waals surface area (Å²) in [4.78, 5) is 13.8. The second kappa shape index (κ2) is 4.52. The molecule has 1 N–H and O–H groups in total. The van der Waals surface area contributed by atoms with Crippen molar-refractivity contribution >= 4 is 5.91 Å². The molecule has 0 aromatic heterocycles. The molecule has 0 unspecified atom stereocenters. The fourth-order valence-electron chi connectivity index (χ4n) is 1.29. The van der Waals surface area contributed by atoms with Crippen molar-refractivity contribution in [1.82, 2.24) is 4.90 Å². The largest absolute Gasteiger partial charge is 0.396 e. The van der Waals surface area contributed by atoms with Gasteiger partial charge in [-0.15, -0.1) is 0 Å². The highest BCUT2D eigenvalue weighted by Crippen LogP contribution is 2.28. The first-order valence-corrected chi connectivity index (χ1v) is 5.40. The molecule has 1 amide bonds. The smallest absolute Gasteiger partial charge is 0.228 e. The fraction of sp³-hybridized carbons (Fsp3) is 0.917. The summed E-state index contributed by atoms with van der Waals surface area (Å²) in [7, 11) is 1.79. The Bertz CT molecular complexity index is 223. The molecule has 0 aromatic carbocycles. The van der Waals surface area contributed by atoms with Gasteiger partial charge in [-0.25, -0.2) is 0 Å². The van der Waals surface area contributed by atoms with E-state index < -0.39 is 0 Å². The summed E-state index contributed by atoms with van der Waals surface area (Å²) in [5.74, 6) is -0.320. The van der Waals surface area contributed by atoms with Crippen LogP contribution in [0.1, 0.15) is 41.5 Å². The zero-order valence-corrected chi connectivity index (χ0v) is 11.1. The summed E-state index contributed by atoms with van der Waals surface area (Å²) in [6.07, 6.45) is 0. The van der Waals surface area contributed by atoms with Crippen LogP contribution in [0, 0.1) is 11.3 Å². The van der Waals surface area contributed by atoms with Gasteiger partial charge < -0.3 is 10.0 Å². The van der Waals surface area contributed by atoms with Crippen molar-refractivity contribution in [2.75, 3.05) is 13.7 Å². The zero-order valence-electron chi connectivity index (χ0n) is 11.1. The minimum Gasteiger partial charge on any atom is -0.396 e. The lowest BCUT2D eigenvalue weighted by molar-refractivity contribution is -0.143. The third-order valence-electron chi connectivity index (χ3n) is 2.86. The molecular weight excluding hydrogens is 190 g/mol. The Labute approximate surface area is 93.5 Å². The van der Waals surface area contributed by atoms with E-state index in [1.807, 2.05) is 41.5 Å². The molecule has 0 radical (unpaired) electrons. The summed E-state index contributed by atoms with van der Waals surface area (Å²) >= 11 is 0. The SMILES string of the molecule is CN(C(=O)[C@H](CO)C(C)(C)C)C(C)(C)C. The number of amides is 1. The van der Waals surface area contributed by atoms with Crippen LogP contribution in [-0.2, 0) is 4.79 Å². The van der Waals surface area contributed by atoms with Gasteiger partial charge in [0, 0.05) is 12.6 Å². The van der Waals surface area contributed by atoms with Crippen molar-refractivity contribution in [1.29, 1.82) is 0 Å². The van der Waals surface area contributed by atoms with Gasteiger partial charge in [0.25, 0.3) is 0 Å². The minimum atomic E-state index is -0.332. The molecule has 0 aliphatic heterocycles. The molecule has 0 spiro atoms. The van der Waals surface area contributed by atoms with Crippen LogP contribution < -0.4 is 0 Å². The van der Waals surface area contributed by atoms with E-state index >= 15 is 0 Å². The Balaban J connectivity index is 4.83. The maximum atomic E-state index is 12.1. The molecule has 90 valence electrons. The van der Waals surface area contributed by atoms with Crippen molar-refractivity contribution in [2.45, 2.75) is 47.1 Å². The average Bonchev–Trinajstić information content (AvgIpc) is 1.99. The van der Waals surface area contributed by atoms with Crippen molar-refractivity contribution < 1.29 is 9.90 Å². The summed E-state index contributed by atoms with van der Waals surface area (Å²) < 4.78 is 0. The molecular formula is C12H25NO2. The molecule has 15 heavy (non-hydrogen) atoms. The third-order valence-corrected chi connectivity index (χ3v) is 2.86. The maximum absolute atomic E-state index is 12.1. The Hall–Kier alpha value is -0.570. The number of carbonyl (C=O) groups excluding carboxylic acids is 1. The van der Waals surface area contributed by atoms with Crippen molar-refractivity contribution in [2.24, 2.45) is 11.3 Å². The second-order valence-corrected chi connectivity index (χ2v) is 6.17. The number of hydrogen-bond donors (Lipinski definition) is 1. The number of aliphatic hydroxyl groups excluding tert-OH is 1. The average molecular weight is 215 g/mol. The van der Waals surface area contributed by atoms with Crippen molar-refractivity contribution in [3.63, 3.8) is 0 Å². The molecule has 0 fully saturated rings. The normalized spacial score (nSPS) is 14.9. The molecule has 0 rings (SSSR count). The molecule has 0 saturated heterocycles. The van der Waals surface area contributed by atoms with E-state index in [-0.39, 0.29) is 29.4 Å². The zero-order chi connectivity index (χ0) is 12.4. The predicted molar refractivity (Wildman–Crippen MR) is 62.6 cm³/mol. The number of aliphatic hydroxyl groups is 1. The number of nitrogens with zero attached hydrogens (tertiary/aromatic N) is 1. The highest BCUT2D eigenvalue weighted by atomic mass is 16.3. The van der Waals surface area contributed by atoms with Gasteiger partial charge in [0.1, 0.15) is 0 Å². The standard InChI is InChI=1S/C12H25NO2/c1-11(2,3)9(8-14)10(15)13(7)12(4,5)6/h9,14H,8H2,1-7H3/t9-/m0/s1. The maximum Gasteiger partial charge on any atom is 0.228 e. The number of rotatable bonds is 2. The first kappa shape index (κ1) is 14.4. The van der Waals surface area contributed by atoms with E-state index in [1.54, 1.807) is 11.9 Å². The molecule has 0 bridgehead atoms. The molecule has 0 aromatic rings. The first-order chi connectivity index (χ1) is 6.51. The minimum absolute atomic E-state index is 0.0116. The van der Waals surface area contributed by atoms with Crippen LogP contribution in [0.5, 0.6) is 0 Å². The van der Waals surface area contributed by atoms with E-state index in [0.29, 0.717) is 0 Å². The van der Waals surface area contributed by atoms with Crippen molar-refractivity contribution in [3.8, 4) is 0 Å². The third kappa shape index (κ3) is 3.82. The van der Waals surface area contributed by atoms with Gasteiger partial charge in [0.05, 0.1) is 12.5 Å². The lowest BCUT2D eigenvalue weighted by atomic mass is 9.80. The van der Waals surface area contributed by atoms with Gasteiger partial charge in [-0.3, -0.25) is 4.79 Å². The fourth-order valence-corrected chi connectivity index (χ4v) is 1.29. The van der Waals surface area contributed by atoms with Crippen LogP contribution in [0.15, 0.2) is 0 Å². The van der Waals surface area contributed by atoms with Crippen LogP contribution >= 0.6 is 0 Å². The summed E-state index contributed by atoms with van der Waals surface area (Å²) in [6.45, 7) is 11.8. The van der Waals surface area contributed by atoms with Crippen LogP contribution in [0.4, 0.5) is 0 Å². The summed E-state index contributed by atoms with van der Waals surface area (Å²) in [6, 6.07) is 0. The Morgan fingerprint density at radius 1 is 1.20 bits per heavy atom. The molecule has 0 saturated carbocycles. The topological polar surface area (TPSA) is 40.5 Å². The molecule has 3 heteroatoms. The highest BCUT2D eigenvalue weighted by Gasteiger charge is 2.35. The molecule has 0 heterocycles. The number of carbonyl (C=O) groups is 1. The van der Waals surface area contributed by atoms with Crippen LogP contribution in [0.2, 0.25) is 0 Å². The highest BCUT2D eigenvalue weighted by molar-refractivity contribution is 5.80. The summed E-state index contributed by atoms with van der Waals surface area (Å²) in [5, 5.41) is 9.30. The van der Waals surface area contributed by atoms with E-state index in [2.05, 4.69) is 0 Å². The van der Waals surface area contributed by atoms with Gasteiger partial charge >= 0.3 is 0 Å². The van der Waals surface area contributed by atoms with Gasteiger partial charge in [0.15, 0.2) is 0 Å². The van der Waals surface area contributed by atoms with Gasteiger partial charge in [-0.05, 0) is 26.2 Å².